The number of carbonyl (C=O) groups is 1. The highest BCUT2D eigenvalue weighted by Crippen LogP contribution is 2.38. The second-order valence-electron chi connectivity index (χ2n) is 5.69. The lowest BCUT2D eigenvalue weighted by molar-refractivity contribution is -0.137. The Balaban J connectivity index is 2.36. The Morgan fingerprint density at radius 1 is 1.38 bits per heavy atom. The number of hydrogen-bond acceptors (Lipinski definition) is 7. The van der Waals surface area contributed by atoms with Crippen LogP contribution in [0, 0.1) is 0 Å². The summed E-state index contributed by atoms with van der Waals surface area (Å²) in [6, 6.07) is 1.26. The van der Waals surface area contributed by atoms with Gasteiger partial charge in [0, 0.05) is 0 Å². The van der Waals surface area contributed by atoms with Crippen molar-refractivity contribution in [3.63, 3.8) is 0 Å². The molecule has 1 N–H and O–H groups in total. The summed E-state index contributed by atoms with van der Waals surface area (Å²) in [7, 11) is -4.11. The normalized spacial score (nSPS) is 13.2. The van der Waals surface area contributed by atoms with Crippen LogP contribution in [-0.2, 0) is 21.0 Å². The molecule has 1 amide bonds. The van der Waals surface area contributed by atoms with E-state index in [4.69, 9.17) is 11.6 Å². The summed E-state index contributed by atoms with van der Waals surface area (Å²) in [5.41, 5.74) is -1.55. The highest BCUT2D eigenvalue weighted by molar-refractivity contribution is 8.01. The van der Waals surface area contributed by atoms with E-state index < -0.39 is 38.7 Å². The lowest BCUT2D eigenvalue weighted by Crippen LogP contribution is -2.45. The number of benzene rings is 1. The van der Waals surface area contributed by atoms with Crippen molar-refractivity contribution in [2.24, 2.45) is 0 Å². The number of hydrogen-bond donors (Lipinski definition) is 1. The van der Waals surface area contributed by atoms with E-state index >= 15 is 0 Å². The van der Waals surface area contributed by atoms with Gasteiger partial charge in [-0.05, 0) is 30.9 Å². The standard InChI is InChI=1S/C15H16ClF3N4O3S3/c1-4-27-14-22-21-13(28-14)20-12(24)8(2)23(29(3,25)26)9-5-6-11(16)10(7-9)15(17,18)19/h5-8H,4H2,1-3H3,(H,20,21,24)/t8-/m1/s1. The molecule has 29 heavy (non-hydrogen) atoms. The smallest absolute Gasteiger partial charge is 0.299 e. The van der Waals surface area contributed by atoms with Gasteiger partial charge in [0.15, 0.2) is 4.34 Å². The average Bonchev–Trinajstić information content (AvgIpc) is 3.01. The highest BCUT2D eigenvalue weighted by Gasteiger charge is 2.36. The number of nitrogens with one attached hydrogen (secondary N) is 1. The molecule has 7 nitrogen and oxygen atoms in total. The van der Waals surface area contributed by atoms with Gasteiger partial charge in [0.2, 0.25) is 21.1 Å². The molecule has 0 aliphatic heterocycles. The molecule has 14 heteroatoms. The molecular formula is C15H16ClF3N4O3S3. The molecule has 160 valence electrons. The topological polar surface area (TPSA) is 92.3 Å². The van der Waals surface area contributed by atoms with Crippen LogP contribution in [0.5, 0.6) is 0 Å². The molecule has 0 saturated carbocycles. The van der Waals surface area contributed by atoms with E-state index in [2.05, 4.69) is 15.5 Å². The van der Waals surface area contributed by atoms with Gasteiger partial charge in [0.05, 0.1) is 22.5 Å². The fraction of sp³-hybridized carbons (Fsp3) is 0.400. The first-order valence-corrected chi connectivity index (χ1v) is 12.0. The summed E-state index contributed by atoms with van der Waals surface area (Å²) in [5, 5.41) is 9.66. The van der Waals surface area contributed by atoms with E-state index in [1.165, 1.54) is 18.7 Å². The first-order valence-electron chi connectivity index (χ1n) is 7.98. The Labute approximate surface area is 178 Å². The Bertz CT molecular complexity index is 998. The maximum Gasteiger partial charge on any atom is 0.417 e. The van der Waals surface area contributed by atoms with E-state index in [-0.39, 0.29) is 10.8 Å². The molecule has 0 bridgehead atoms. The van der Waals surface area contributed by atoms with Crippen molar-refractivity contribution in [1.82, 2.24) is 10.2 Å². The minimum absolute atomic E-state index is 0.151. The monoisotopic (exact) mass is 488 g/mol. The number of sulfonamides is 1. The summed E-state index contributed by atoms with van der Waals surface area (Å²) >= 11 is 8.11. The van der Waals surface area contributed by atoms with Crippen molar-refractivity contribution in [1.29, 1.82) is 0 Å². The third kappa shape index (κ3) is 5.96. The van der Waals surface area contributed by atoms with E-state index in [1.54, 1.807) is 0 Å². The Morgan fingerprint density at radius 2 is 2.03 bits per heavy atom. The van der Waals surface area contributed by atoms with Crippen LogP contribution >= 0.6 is 34.7 Å². The van der Waals surface area contributed by atoms with Crippen LogP contribution in [0.15, 0.2) is 22.5 Å². The molecule has 0 radical (unpaired) electrons. The van der Waals surface area contributed by atoms with Gasteiger partial charge in [0.25, 0.3) is 0 Å². The fourth-order valence-electron chi connectivity index (χ4n) is 2.33. The zero-order chi connectivity index (χ0) is 22.0. The maximum absolute atomic E-state index is 13.2. The first-order chi connectivity index (χ1) is 13.3. The molecule has 1 aromatic carbocycles. The summed E-state index contributed by atoms with van der Waals surface area (Å²) in [4.78, 5) is 12.6. The van der Waals surface area contributed by atoms with Gasteiger partial charge in [-0.1, -0.05) is 41.6 Å². The predicted octanol–water partition coefficient (Wildman–Crippen LogP) is 4.12. The number of nitrogens with zero attached hydrogens (tertiary/aromatic N) is 3. The maximum atomic E-state index is 13.2. The number of halogens is 4. The number of amides is 1. The average molecular weight is 489 g/mol. The van der Waals surface area contributed by atoms with Crippen molar-refractivity contribution in [2.45, 2.75) is 30.4 Å². The lowest BCUT2D eigenvalue weighted by atomic mass is 10.1. The zero-order valence-electron chi connectivity index (χ0n) is 15.3. The number of rotatable bonds is 7. The lowest BCUT2D eigenvalue weighted by Gasteiger charge is -2.28. The van der Waals surface area contributed by atoms with Gasteiger partial charge in [-0.15, -0.1) is 10.2 Å². The first kappa shape index (κ1) is 23.7. The number of aromatic nitrogens is 2. The molecule has 0 aliphatic rings. The second-order valence-corrected chi connectivity index (χ2v) is 10.4. The number of anilines is 2. The quantitative estimate of drug-likeness (QED) is 0.465. The van der Waals surface area contributed by atoms with Crippen LogP contribution in [0.3, 0.4) is 0 Å². The van der Waals surface area contributed by atoms with E-state index in [0.29, 0.717) is 14.7 Å². The molecule has 0 fully saturated rings. The van der Waals surface area contributed by atoms with Crippen molar-refractivity contribution in [2.75, 3.05) is 21.6 Å². The van der Waals surface area contributed by atoms with Crippen molar-refractivity contribution in [3.8, 4) is 0 Å². The van der Waals surface area contributed by atoms with Gasteiger partial charge in [0.1, 0.15) is 6.04 Å². The van der Waals surface area contributed by atoms with E-state index in [0.717, 1.165) is 35.5 Å². The van der Waals surface area contributed by atoms with E-state index in [9.17, 15) is 26.4 Å². The third-order valence-electron chi connectivity index (χ3n) is 3.50. The molecule has 0 unspecified atom stereocenters. The molecule has 2 rings (SSSR count). The van der Waals surface area contributed by atoms with Crippen LogP contribution in [-0.4, -0.2) is 42.6 Å². The van der Waals surface area contributed by atoms with Crippen molar-refractivity contribution < 1.29 is 26.4 Å². The minimum Gasteiger partial charge on any atom is -0.299 e. The molecule has 1 atom stereocenters. The molecule has 1 aromatic heterocycles. The number of carbonyl (C=O) groups excluding carboxylic acids is 1. The van der Waals surface area contributed by atoms with Crippen LogP contribution in [0.1, 0.15) is 19.4 Å². The minimum atomic E-state index is -4.79. The molecular weight excluding hydrogens is 473 g/mol. The number of alkyl halides is 3. The summed E-state index contributed by atoms with van der Waals surface area (Å²) in [5.74, 6) is -0.0259. The van der Waals surface area contributed by atoms with Crippen LogP contribution in [0.2, 0.25) is 5.02 Å². The van der Waals surface area contributed by atoms with Gasteiger partial charge in [-0.2, -0.15) is 13.2 Å². The largest absolute Gasteiger partial charge is 0.417 e. The molecule has 1 heterocycles. The van der Waals surface area contributed by atoms with Crippen LogP contribution in [0.25, 0.3) is 0 Å². The Hall–Kier alpha value is -1.57. The van der Waals surface area contributed by atoms with E-state index in [1.807, 2.05) is 6.92 Å². The van der Waals surface area contributed by atoms with Crippen LogP contribution < -0.4 is 9.62 Å². The van der Waals surface area contributed by atoms with Crippen molar-refractivity contribution in [3.05, 3.63) is 28.8 Å². The van der Waals surface area contributed by atoms with Crippen LogP contribution in [0.4, 0.5) is 24.0 Å². The Morgan fingerprint density at radius 3 is 2.59 bits per heavy atom. The van der Waals surface area contributed by atoms with Crippen molar-refractivity contribution >= 4 is 61.4 Å². The molecule has 0 saturated heterocycles. The third-order valence-corrected chi connectivity index (χ3v) is 6.93. The summed E-state index contributed by atoms with van der Waals surface area (Å²) < 4.78 is 65.2. The molecule has 2 aromatic rings. The SMILES string of the molecule is CCSc1nnc(NC(=O)[C@@H](C)N(c2ccc(Cl)c(C(F)(F)F)c2)S(C)(=O)=O)s1. The van der Waals surface area contributed by atoms with Gasteiger partial charge in [-0.3, -0.25) is 14.4 Å². The van der Waals surface area contributed by atoms with Gasteiger partial charge in [-0.25, -0.2) is 8.42 Å². The molecule has 0 aliphatic carbocycles. The zero-order valence-corrected chi connectivity index (χ0v) is 18.5. The summed E-state index contributed by atoms with van der Waals surface area (Å²) in [6.07, 6.45) is -4.00. The predicted molar refractivity (Wildman–Crippen MR) is 108 cm³/mol. The second kappa shape index (κ2) is 9.06. The fourth-order valence-corrected chi connectivity index (χ4v) is 5.37. The Kier molecular flexibility index (Phi) is 7.41. The van der Waals surface area contributed by atoms with Gasteiger partial charge >= 0.3 is 6.18 Å². The van der Waals surface area contributed by atoms with Gasteiger partial charge < -0.3 is 0 Å². The highest BCUT2D eigenvalue weighted by atomic mass is 35.5. The number of thioether (sulfide) groups is 1. The summed E-state index contributed by atoms with van der Waals surface area (Å²) in [6.45, 7) is 3.17. The molecule has 0 spiro atoms.